The normalized spacial score (nSPS) is 22.1. The molecule has 1 aromatic heterocycles. The maximum Gasteiger partial charge on any atom is 0.408 e. The first-order chi connectivity index (χ1) is 18.3. The highest BCUT2D eigenvalue weighted by Crippen LogP contribution is 2.51. The number of quaternary nitrogens is 1. The fraction of sp³-hybridized carbons (Fsp3) is 0.519. The van der Waals surface area contributed by atoms with Crippen molar-refractivity contribution in [2.75, 3.05) is 33.4 Å². The second-order valence-electron chi connectivity index (χ2n) is 10.3. The minimum Gasteiger partial charge on any atom is -0.492 e. The van der Waals surface area contributed by atoms with E-state index in [1.807, 2.05) is 13.0 Å². The van der Waals surface area contributed by atoms with Gasteiger partial charge in [0.25, 0.3) is 11.7 Å². The fourth-order valence-electron chi connectivity index (χ4n) is 5.28. The van der Waals surface area contributed by atoms with Crippen molar-refractivity contribution >= 4 is 33.3 Å². The Kier molecular flexibility index (Phi) is 7.54. The van der Waals surface area contributed by atoms with Crippen molar-refractivity contribution in [1.29, 1.82) is 0 Å². The first kappa shape index (κ1) is 26.7. The second kappa shape index (κ2) is 10.7. The van der Waals surface area contributed by atoms with Gasteiger partial charge in [-0.3, -0.25) is 4.79 Å². The number of carbonyl (C=O) groups is 1. The van der Waals surface area contributed by atoms with Crippen molar-refractivity contribution in [3.05, 3.63) is 47.7 Å². The van der Waals surface area contributed by atoms with Gasteiger partial charge in [0.15, 0.2) is 5.69 Å². The Morgan fingerprint density at radius 3 is 2.50 bits per heavy atom. The lowest BCUT2D eigenvalue weighted by Gasteiger charge is -2.30. The van der Waals surface area contributed by atoms with E-state index < -0.39 is 20.1 Å². The summed E-state index contributed by atoms with van der Waals surface area (Å²) < 4.78 is 41.2. The Labute approximate surface area is 224 Å². The van der Waals surface area contributed by atoms with Gasteiger partial charge in [0.2, 0.25) is 0 Å². The van der Waals surface area contributed by atoms with Crippen LogP contribution in [-0.4, -0.2) is 62.7 Å². The second-order valence-corrected chi connectivity index (χ2v) is 12.3. The molecular formula is C27H36N5O5S+. The molecule has 1 amide bonds. The molecule has 2 aliphatic heterocycles. The number of hydrogen-bond donors (Lipinski definition) is 1. The van der Waals surface area contributed by atoms with Crippen molar-refractivity contribution in [3.63, 3.8) is 0 Å². The third-order valence-electron chi connectivity index (χ3n) is 7.69. The van der Waals surface area contributed by atoms with Crippen LogP contribution in [0, 0.1) is 11.8 Å². The summed E-state index contributed by atoms with van der Waals surface area (Å²) in [5.41, 5.74) is 7.29. The molecule has 38 heavy (non-hydrogen) atoms. The molecule has 1 saturated carbocycles. The summed E-state index contributed by atoms with van der Waals surface area (Å²) in [6, 6.07) is 10.4. The van der Waals surface area contributed by atoms with E-state index in [9.17, 15) is 13.2 Å². The predicted octanol–water partition coefficient (Wildman–Crippen LogP) is 3.73. The summed E-state index contributed by atoms with van der Waals surface area (Å²) in [4.78, 5) is 17.1. The largest absolute Gasteiger partial charge is 0.492 e. The average Bonchev–Trinajstić information content (AvgIpc) is 3.24. The standard InChI is InChI=1S/C27H35N5O5S/c1-3-14-31(2)38(34,35)32(21-10-5-4-6-11-21)27-24(25(30-32)20-8-7-9-20)23(17-22(29-27)26(28)33)37-18-19-12-15-36-16-13-19/h4-6,10-11,17,19-20H,3,7-9,12-16,18H2,1-2H3,(H-,28,33)/p+1. The summed E-state index contributed by atoms with van der Waals surface area (Å²) in [6.07, 6.45) is 5.21. The summed E-state index contributed by atoms with van der Waals surface area (Å²) in [5, 5.41) is 5.02. The van der Waals surface area contributed by atoms with Crippen molar-refractivity contribution in [3.8, 4) is 5.75 Å². The molecule has 5 rings (SSSR count). The number of ether oxygens (including phenoxy) is 2. The van der Waals surface area contributed by atoms with E-state index in [1.165, 1.54) is 4.31 Å². The number of pyridine rings is 1. The maximum atomic E-state index is 14.5. The summed E-state index contributed by atoms with van der Waals surface area (Å²) in [6.45, 7) is 4.01. The lowest BCUT2D eigenvalue weighted by Crippen LogP contribution is -2.51. The molecule has 2 fully saturated rings. The molecule has 1 atom stereocenters. The van der Waals surface area contributed by atoms with Gasteiger partial charge in [0.1, 0.15) is 22.7 Å². The van der Waals surface area contributed by atoms with Crippen molar-refractivity contribution in [1.82, 2.24) is 13.3 Å². The molecule has 3 heterocycles. The average molecular weight is 543 g/mol. The highest BCUT2D eigenvalue weighted by Gasteiger charge is 2.59. The molecule has 204 valence electrons. The van der Waals surface area contributed by atoms with Gasteiger partial charge in [0.05, 0.1) is 6.61 Å². The number of aromatic nitrogens is 1. The number of nitrogens with zero attached hydrogens (tertiary/aromatic N) is 4. The summed E-state index contributed by atoms with van der Waals surface area (Å²) in [7, 11) is -2.62. The van der Waals surface area contributed by atoms with Crippen molar-refractivity contribution in [2.24, 2.45) is 22.7 Å². The van der Waals surface area contributed by atoms with Crippen LogP contribution < -0.4 is 14.5 Å². The number of carbonyl (C=O) groups excluding carboxylic acids is 1. The van der Waals surface area contributed by atoms with Crippen LogP contribution in [0.4, 0.5) is 11.5 Å². The van der Waals surface area contributed by atoms with Crippen molar-refractivity contribution in [2.45, 2.75) is 45.4 Å². The Morgan fingerprint density at radius 1 is 1.18 bits per heavy atom. The molecule has 1 aliphatic carbocycles. The van der Waals surface area contributed by atoms with Crippen LogP contribution in [0.25, 0.3) is 0 Å². The topological polar surface area (TPSA) is 124 Å². The zero-order valence-electron chi connectivity index (χ0n) is 22.0. The lowest BCUT2D eigenvalue weighted by molar-refractivity contribution is 0.0497. The SMILES string of the molecule is CCCN(C)S(=O)(=O)[N+]1(c2ccccc2)N=C(C2CCC2)c2c(OCC3CCOCC3)cc(C(N)=O)nc21. The van der Waals surface area contributed by atoms with Crippen LogP contribution in [0.15, 0.2) is 41.5 Å². The van der Waals surface area contributed by atoms with E-state index in [2.05, 4.69) is 4.98 Å². The number of hydrogen-bond acceptors (Lipinski definition) is 7. The number of nitrogens with two attached hydrogens (primary N) is 1. The van der Waals surface area contributed by atoms with Crippen LogP contribution in [-0.2, 0) is 14.9 Å². The molecule has 1 aromatic carbocycles. The van der Waals surface area contributed by atoms with E-state index in [0.29, 0.717) is 61.4 Å². The molecule has 2 aromatic rings. The van der Waals surface area contributed by atoms with Crippen LogP contribution in [0.5, 0.6) is 5.75 Å². The minimum atomic E-state index is -4.18. The van der Waals surface area contributed by atoms with Gasteiger partial charge < -0.3 is 15.2 Å². The lowest BCUT2D eigenvalue weighted by atomic mass is 9.79. The smallest absolute Gasteiger partial charge is 0.408 e. The fourth-order valence-corrected chi connectivity index (χ4v) is 7.03. The zero-order chi connectivity index (χ0) is 26.9. The number of fused-ring (bicyclic) bond motifs is 1. The maximum absolute atomic E-state index is 14.5. The predicted molar refractivity (Wildman–Crippen MR) is 145 cm³/mol. The minimum absolute atomic E-state index is 0.0532. The number of para-hydroxylation sites is 1. The van der Waals surface area contributed by atoms with Gasteiger partial charge in [0, 0.05) is 54.9 Å². The molecule has 10 nitrogen and oxygen atoms in total. The van der Waals surface area contributed by atoms with Gasteiger partial charge in [-0.15, -0.1) is 0 Å². The van der Waals surface area contributed by atoms with Gasteiger partial charge in [-0.05, 0) is 38.0 Å². The number of benzene rings is 1. The number of amides is 1. The third-order valence-corrected chi connectivity index (χ3v) is 9.79. The molecule has 11 heteroatoms. The monoisotopic (exact) mass is 542 g/mol. The van der Waals surface area contributed by atoms with E-state index in [4.69, 9.17) is 20.3 Å². The Hall–Kier alpha value is -2.86. The first-order valence-corrected chi connectivity index (χ1v) is 14.8. The summed E-state index contributed by atoms with van der Waals surface area (Å²) >= 11 is 0. The molecule has 1 unspecified atom stereocenters. The number of primary amides is 1. The molecule has 3 aliphatic rings. The van der Waals surface area contributed by atoms with E-state index >= 15 is 0 Å². The Bertz CT molecular complexity index is 1320. The Morgan fingerprint density at radius 2 is 1.89 bits per heavy atom. The third kappa shape index (κ3) is 4.51. The zero-order valence-corrected chi connectivity index (χ0v) is 22.8. The van der Waals surface area contributed by atoms with Crippen LogP contribution in [0.2, 0.25) is 0 Å². The van der Waals surface area contributed by atoms with E-state index in [-0.39, 0.29) is 17.4 Å². The molecule has 1 saturated heterocycles. The van der Waals surface area contributed by atoms with E-state index in [1.54, 1.807) is 37.4 Å². The van der Waals surface area contributed by atoms with Crippen LogP contribution in [0.1, 0.15) is 61.5 Å². The molecule has 0 radical (unpaired) electrons. The number of rotatable bonds is 10. The van der Waals surface area contributed by atoms with Crippen molar-refractivity contribution < 1.29 is 22.7 Å². The van der Waals surface area contributed by atoms with Gasteiger partial charge in [-0.2, -0.15) is 17.7 Å². The van der Waals surface area contributed by atoms with Crippen LogP contribution >= 0.6 is 0 Å². The first-order valence-electron chi connectivity index (χ1n) is 13.4. The molecule has 2 N–H and O–H groups in total. The van der Waals surface area contributed by atoms with Gasteiger partial charge in [-0.25, -0.2) is 0 Å². The van der Waals surface area contributed by atoms with E-state index in [0.717, 1.165) is 32.1 Å². The van der Waals surface area contributed by atoms with Crippen LogP contribution in [0.3, 0.4) is 0 Å². The molecule has 0 spiro atoms. The molecular weight excluding hydrogens is 506 g/mol. The van der Waals surface area contributed by atoms with Gasteiger partial charge >= 0.3 is 10.2 Å². The highest BCUT2D eigenvalue weighted by atomic mass is 32.2. The highest BCUT2D eigenvalue weighted by molar-refractivity contribution is 7.88. The Balaban J connectivity index is 1.75. The summed E-state index contributed by atoms with van der Waals surface area (Å²) in [5.74, 6) is 0.162. The van der Waals surface area contributed by atoms with Gasteiger partial charge in [-0.1, -0.05) is 36.6 Å². The quantitative estimate of drug-likeness (QED) is 0.456. The molecule has 0 bridgehead atoms.